The fourth-order valence-electron chi connectivity index (χ4n) is 2.05. The number of aliphatic hydroxyl groups excluding tert-OH is 1. The standard InChI is InChI=1S/C15H20N2O2/c1-2-5-12(8-9-18)11-17-15(19)14-7-4-3-6-13(14)10-16/h3-4,6-7,12,18H,2,5,8-9,11H2,1H3,(H,17,19). The van der Waals surface area contributed by atoms with Crippen molar-refractivity contribution >= 4 is 5.91 Å². The summed E-state index contributed by atoms with van der Waals surface area (Å²) in [6, 6.07) is 8.77. The second-order valence-electron chi connectivity index (χ2n) is 4.53. The molecule has 1 rings (SSSR count). The normalized spacial score (nSPS) is 11.6. The number of carbonyl (C=O) groups excluding carboxylic acids is 1. The number of amides is 1. The van der Waals surface area contributed by atoms with Crippen LogP contribution >= 0.6 is 0 Å². The molecule has 0 aliphatic carbocycles. The van der Waals surface area contributed by atoms with Crippen LogP contribution in [0, 0.1) is 17.2 Å². The van der Waals surface area contributed by atoms with Gasteiger partial charge in [-0.3, -0.25) is 4.79 Å². The van der Waals surface area contributed by atoms with Crippen molar-refractivity contribution in [2.45, 2.75) is 26.2 Å². The van der Waals surface area contributed by atoms with Crippen LogP contribution in [0.1, 0.15) is 42.1 Å². The molecule has 1 atom stereocenters. The zero-order valence-corrected chi connectivity index (χ0v) is 11.2. The summed E-state index contributed by atoms with van der Waals surface area (Å²) in [5.74, 6) is 0.0596. The van der Waals surface area contributed by atoms with Gasteiger partial charge in [-0.05, 0) is 30.9 Å². The van der Waals surface area contributed by atoms with E-state index >= 15 is 0 Å². The molecule has 0 aliphatic rings. The highest BCUT2D eigenvalue weighted by Gasteiger charge is 2.13. The van der Waals surface area contributed by atoms with E-state index in [1.165, 1.54) is 0 Å². The van der Waals surface area contributed by atoms with Crippen LogP contribution < -0.4 is 5.32 Å². The molecular weight excluding hydrogens is 240 g/mol. The van der Waals surface area contributed by atoms with Crippen LogP contribution in [-0.2, 0) is 0 Å². The van der Waals surface area contributed by atoms with Crippen molar-refractivity contribution in [3.8, 4) is 6.07 Å². The van der Waals surface area contributed by atoms with Gasteiger partial charge in [0, 0.05) is 13.2 Å². The lowest BCUT2D eigenvalue weighted by molar-refractivity contribution is 0.0942. The van der Waals surface area contributed by atoms with E-state index in [9.17, 15) is 4.79 Å². The number of aliphatic hydroxyl groups is 1. The highest BCUT2D eigenvalue weighted by molar-refractivity contribution is 5.96. The van der Waals surface area contributed by atoms with Crippen molar-refractivity contribution in [2.24, 2.45) is 5.92 Å². The molecule has 0 radical (unpaired) electrons. The van der Waals surface area contributed by atoms with E-state index in [0.29, 0.717) is 24.1 Å². The number of carbonyl (C=O) groups is 1. The van der Waals surface area contributed by atoms with Crippen molar-refractivity contribution in [1.29, 1.82) is 5.26 Å². The van der Waals surface area contributed by atoms with Crippen LogP contribution in [0.2, 0.25) is 0 Å². The molecule has 0 saturated heterocycles. The Morgan fingerprint density at radius 3 is 2.79 bits per heavy atom. The first-order valence-electron chi connectivity index (χ1n) is 6.61. The van der Waals surface area contributed by atoms with Crippen molar-refractivity contribution in [2.75, 3.05) is 13.2 Å². The Kier molecular flexibility index (Phi) is 6.62. The molecule has 0 spiro atoms. The maximum atomic E-state index is 12.0. The average Bonchev–Trinajstić information content (AvgIpc) is 2.44. The van der Waals surface area contributed by atoms with Crippen molar-refractivity contribution in [3.63, 3.8) is 0 Å². The van der Waals surface area contributed by atoms with Crippen LogP contribution in [0.5, 0.6) is 0 Å². The van der Waals surface area contributed by atoms with Crippen LogP contribution in [0.3, 0.4) is 0 Å². The third-order valence-corrected chi connectivity index (χ3v) is 3.08. The Labute approximate surface area is 114 Å². The predicted octanol–water partition coefficient (Wildman–Crippen LogP) is 2.09. The number of benzene rings is 1. The zero-order valence-electron chi connectivity index (χ0n) is 11.2. The summed E-state index contributed by atoms with van der Waals surface area (Å²) in [6.45, 7) is 2.75. The summed E-state index contributed by atoms with van der Waals surface area (Å²) >= 11 is 0. The smallest absolute Gasteiger partial charge is 0.252 e. The molecule has 2 N–H and O–H groups in total. The maximum absolute atomic E-state index is 12.0. The molecule has 1 aromatic carbocycles. The lowest BCUT2D eigenvalue weighted by Gasteiger charge is -2.15. The summed E-state index contributed by atoms with van der Waals surface area (Å²) < 4.78 is 0. The van der Waals surface area contributed by atoms with Gasteiger partial charge in [0.1, 0.15) is 0 Å². The first-order valence-corrected chi connectivity index (χ1v) is 6.61. The molecule has 0 heterocycles. The molecule has 1 unspecified atom stereocenters. The van der Waals surface area contributed by atoms with Crippen molar-refractivity contribution in [3.05, 3.63) is 35.4 Å². The van der Waals surface area contributed by atoms with Crippen molar-refractivity contribution < 1.29 is 9.90 Å². The van der Waals surface area contributed by atoms with Gasteiger partial charge in [-0.1, -0.05) is 25.5 Å². The van der Waals surface area contributed by atoms with Gasteiger partial charge in [0.2, 0.25) is 0 Å². The zero-order chi connectivity index (χ0) is 14.1. The quantitative estimate of drug-likeness (QED) is 0.788. The Balaban J connectivity index is 2.62. The highest BCUT2D eigenvalue weighted by Crippen LogP contribution is 2.11. The number of hydrogen-bond donors (Lipinski definition) is 2. The molecule has 19 heavy (non-hydrogen) atoms. The molecule has 0 aliphatic heterocycles. The molecule has 0 fully saturated rings. The van der Waals surface area contributed by atoms with Crippen molar-refractivity contribution in [1.82, 2.24) is 5.32 Å². The molecule has 0 saturated carbocycles. The predicted molar refractivity (Wildman–Crippen MR) is 73.6 cm³/mol. The van der Waals surface area contributed by atoms with E-state index in [0.717, 1.165) is 12.8 Å². The number of nitriles is 1. The summed E-state index contributed by atoms with van der Waals surface area (Å²) in [7, 11) is 0. The molecule has 0 bridgehead atoms. The molecule has 102 valence electrons. The number of nitrogens with zero attached hydrogens (tertiary/aromatic N) is 1. The minimum atomic E-state index is -0.226. The Morgan fingerprint density at radius 2 is 2.16 bits per heavy atom. The van der Waals surface area contributed by atoms with Crippen LogP contribution in [-0.4, -0.2) is 24.2 Å². The van der Waals surface area contributed by atoms with Gasteiger partial charge in [-0.25, -0.2) is 0 Å². The average molecular weight is 260 g/mol. The minimum absolute atomic E-state index is 0.134. The number of hydrogen-bond acceptors (Lipinski definition) is 3. The number of nitrogens with one attached hydrogen (secondary N) is 1. The van der Waals surface area contributed by atoms with Crippen LogP contribution in [0.15, 0.2) is 24.3 Å². The second kappa shape index (κ2) is 8.28. The molecule has 4 nitrogen and oxygen atoms in total. The van der Waals surface area contributed by atoms with Gasteiger partial charge in [-0.2, -0.15) is 5.26 Å². The highest BCUT2D eigenvalue weighted by atomic mass is 16.3. The third kappa shape index (κ3) is 4.72. The van der Waals surface area contributed by atoms with Gasteiger partial charge < -0.3 is 10.4 Å². The SMILES string of the molecule is CCCC(CCO)CNC(=O)c1ccccc1C#N. The van der Waals surface area contributed by atoms with Crippen LogP contribution in [0.25, 0.3) is 0 Å². The van der Waals surface area contributed by atoms with E-state index < -0.39 is 0 Å². The summed E-state index contributed by atoms with van der Waals surface area (Å²) in [6.07, 6.45) is 2.68. The largest absolute Gasteiger partial charge is 0.396 e. The van der Waals surface area contributed by atoms with Gasteiger partial charge >= 0.3 is 0 Å². The van der Waals surface area contributed by atoms with E-state index in [1.54, 1.807) is 24.3 Å². The first kappa shape index (κ1) is 15.2. The monoisotopic (exact) mass is 260 g/mol. The van der Waals surface area contributed by atoms with Gasteiger partial charge in [0.15, 0.2) is 0 Å². The van der Waals surface area contributed by atoms with Crippen LogP contribution in [0.4, 0.5) is 0 Å². The molecular formula is C15H20N2O2. The van der Waals surface area contributed by atoms with E-state index in [2.05, 4.69) is 12.2 Å². The fraction of sp³-hybridized carbons (Fsp3) is 0.467. The Morgan fingerprint density at radius 1 is 1.42 bits per heavy atom. The molecule has 0 aromatic heterocycles. The lowest BCUT2D eigenvalue weighted by Crippen LogP contribution is -2.30. The summed E-state index contributed by atoms with van der Waals surface area (Å²) in [4.78, 5) is 12.0. The minimum Gasteiger partial charge on any atom is -0.396 e. The van der Waals surface area contributed by atoms with Gasteiger partial charge in [0.05, 0.1) is 17.2 Å². The second-order valence-corrected chi connectivity index (χ2v) is 4.53. The van der Waals surface area contributed by atoms with Gasteiger partial charge in [0.25, 0.3) is 5.91 Å². The number of rotatable bonds is 7. The molecule has 4 heteroatoms. The first-order chi connectivity index (χ1) is 9.22. The molecule has 1 aromatic rings. The lowest BCUT2D eigenvalue weighted by atomic mass is 10.00. The van der Waals surface area contributed by atoms with E-state index in [-0.39, 0.29) is 18.4 Å². The maximum Gasteiger partial charge on any atom is 0.252 e. The topological polar surface area (TPSA) is 73.1 Å². The third-order valence-electron chi connectivity index (χ3n) is 3.08. The Hall–Kier alpha value is -1.86. The Bertz CT molecular complexity index is 446. The fourth-order valence-corrected chi connectivity index (χ4v) is 2.05. The van der Waals surface area contributed by atoms with E-state index in [1.807, 2.05) is 6.07 Å². The summed E-state index contributed by atoms with van der Waals surface area (Å²) in [5, 5.41) is 20.8. The van der Waals surface area contributed by atoms with Gasteiger partial charge in [-0.15, -0.1) is 0 Å². The summed E-state index contributed by atoms with van der Waals surface area (Å²) in [5.41, 5.74) is 0.790. The molecule has 1 amide bonds. The van der Waals surface area contributed by atoms with E-state index in [4.69, 9.17) is 10.4 Å².